The molecule has 10 heteroatoms. The van der Waals surface area contributed by atoms with Gasteiger partial charge in [-0.15, -0.1) is 0 Å². The Morgan fingerprint density at radius 2 is 0.635 bits per heavy atom. The van der Waals surface area contributed by atoms with Crippen LogP contribution in [0.3, 0.4) is 0 Å². The van der Waals surface area contributed by atoms with E-state index in [0.717, 1.165) is 48.2 Å². The average molecular weight is 853 g/mol. The van der Waals surface area contributed by atoms with E-state index in [-0.39, 0.29) is 80.8 Å². The molecule has 4 amide bonds. The van der Waals surface area contributed by atoms with E-state index in [0.29, 0.717) is 11.4 Å². The van der Waals surface area contributed by atoms with E-state index >= 15 is 0 Å². The molecule has 10 nitrogen and oxygen atoms in total. The van der Waals surface area contributed by atoms with Gasteiger partial charge in [-0.25, -0.2) is 0 Å². The Hall–Kier alpha value is -5.77. The van der Waals surface area contributed by atoms with E-state index in [1.807, 2.05) is 72.8 Å². The zero-order valence-corrected chi connectivity index (χ0v) is 38.5. The fourth-order valence-electron chi connectivity index (χ4n) is 8.46. The molecule has 4 N–H and O–H groups in total. The van der Waals surface area contributed by atoms with Crippen molar-refractivity contribution in [1.82, 2.24) is 0 Å². The highest BCUT2D eigenvalue weighted by molar-refractivity contribution is 5.97. The second-order valence-electron chi connectivity index (χ2n) is 21.1. The van der Waals surface area contributed by atoms with Gasteiger partial charge in [-0.05, 0) is 118 Å². The third kappa shape index (κ3) is 11.1. The Bertz CT molecular complexity index is 2200. The first-order valence-electron chi connectivity index (χ1n) is 22.3. The van der Waals surface area contributed by atoms with E-state index in [1.54, 1.807) is 0 Å². The maximum Gasteiger partial charge on any atom is 0.303 e. The van der Waals surface area contributed by atoms with Gasteiger partial charge in [0.15, 0.2) is 6.10 Å². The zero-order chi connectivity index (χ0) is 45.6. The standard InChI is InChI=1S/C27H32N2O4.C26H32N2O2/c1-16(30)33-23(17-6-10-19(11-7-17)28-24(31)21-14-26(21,2)3)18-8-12-20(13-9-18)29-25(32)22-15-27(22,4)5;1-16(17-6-10-19(11-7-17)27-23(29)21-14-25(21,2)3)18-8-12-20(13-9-18)28-24(30)22-15-26(22,4)5/h6-13,21-23H,14-15H2,1-5H3,(H,28,31)(H,29,32);6-13,16,21-22H,14-15H2,1-5H3,(H,27,29)(H,28,30). The molecule has 0 aromatic heterocycles. The van der Waals surface area contributed by atoms with E-state index in [1.165, 1.54) is 18.1 Å². The number of rotatable bonds is 13. The third-order valence-corrected chi connectivity index (χ3v) is 13.9. The molecular weight excluding hydrogens is 789 g/mol. The molecule has 0 aliphatic heterocycles. The van der Waals surface area contributed by atoms with Crippen LogP contribution in [0.25, 0.3) is 0 Å². The molecular formula is C53H64N4O6. The van der Waals surface area contributed by atoms with Gasteiger partial charge in [0.05, 0.1) is 0 Å². The van der Waals surface area contributed by atoms with Crippen LogP contribution in [0, 0.1) is 45.3 Å². The highest BCUT2D eigenvalue weighted by Crippen LogP contribution is 2.54. The van der Waals surface area contributed by atoms with Crippen LogP contribution in [-0.4, -0.2) is 29.6 Å². The molecule has 4 aromatic rings. The Kier molecular flexibility index (Phi) is 12.3. The summed E-state index contributed by atoms with van der Waals surface area (Å²) in [6.07, 6.45) is 3.15. The summed E-state index contributed by atoms with van der Waals surface area (Å²) in [5, 5.41) is 12.0. The van der Waals surface area contributed by atoms with Gasteiger partial charge in [-0.1, -0.05) is 111 Å². The smallest absolute Gasteiger partial charge is 0.303 e. The van der Waals surface area contributed by atoms with Crippen LogP contribution in [0.4, 0.5) is 22.7 Å². The van der Waals surface area contributed by atoms with Crippen LogP contribution in [-0.2, 0) is 28.7 Å². The fourth-order valence-corrected chi connectivity index (χ4v) is 8.46. The van der Waals surface area contributed by atoms with Crippen molar-refractivity contribution < 1.29 is 28.7 Å². The van der Waals surface area contributed by atoms with Crippen LogP contribution in [0.5, 0.6) is 0 Å². The summed E-state index contributed by atoms with van der Waals surface area (Å²) in [7, 11) is 0. The number of nitrogens with one attached hydrogen (secondary N) is 4. The molecule has 4 aliphatic rings. The lowest BCUT2D eigenvalue weighted by Crippen LogP contribution is -2.17. The summed E-state index contributed by atoms with van der Waals surface area (Å²) < 4.78 is 5.60. The molecule has 0 bridgehead atoms. The molecule has 4 aliphatic carbocycles. The second kappa shape index (κ2) is 17.1. The van der Waals surface area contributed by atoms with E-state index in [4.69, 9.17) is 4.74 Å². The molecule has 4 atom stereocenters. The van der Waals surface area contributed by atoms with Crippen molar-refractivity contribution in [3.8, 4) is 0 Å². The third-order valence-electron chi connectivity index (χ3n) is 13.9. The summed E-state index contributed by atoms with van der Waals surface area (Å²) in [5.74, 6) is 0.508. The minimum absolute atomic E-state index is 0.0384. The SMILES string of the molecule is CC(=O)OC(c1ccc(NC(=O)C2CC2(C)C)cc1)c1ccc(NC(=O)C2CC2(C)C)cc1.CC(c1ccc(NC(=O)C2CC2(C)C)cc1)c1ccc(NC(=O)C2CC2(C)C)cc1. The van der Waals surface area contributed by atoms with Crippen LogP contribution in [0.1, 0.15) is 129 Å². The quantitative estimate of drug-likeness (QED) is 0.0987. The maximum atomic E-state index is 12.4. The topological polar surface area (TPSA) is 143 Å². The molecule has 8 rings (SSSR count). The number of carbonyl (C=O) groups is 5. The van der Waals surface area contributed by atoms with Crippen molar-refractivity contribution >= 4 is 52.3 Å². The van der Waals surface area contributed by atoms with Gasteiger partial charge in [0.1, 0.15) is 0 Å². The van der Waals surface area contributed by atoms with Crippen molar-refractivity contribution in [2.75, 3.05) is 21.3 Å². The summed E-state index contributed by atoms with van der Waals surface area (Å²) in [5.41, 5.74) is 7.53. The molecule has 0 radical (unpaired) electrons. The molecule has 4 aromatic carbocycles. The number of esters is 1. The van der Waals surface area contributed by atoms with Gasteiger partial charge in [-0.2, -0.15) is 0 Å². The number of anilines is 4. The van der Waals surface area contributed by atoms with E-state index in [2.05, 4.69) is 108 Å². The number of hydrogen-bond donors (Lipinski definition) is 4. The minimum Gasteiger partial charge on any atom is -0.453 e. The van der Waals surface area contributed by atoms with Gasteiger partial charge in [0.2, 0.25) is 23.6 Å². The Balaban J connectivity index is 0.000000190. The predicted molar refractivity (Wildman–Crippen MR) is 249 cm³/mol. The number of hydrogen-bond acceptors (Lipinski definition) is 6. The molecule has 4 saturated carbocycles. The average Bonchev–Trinajstić information content (AvgIpc) is 4.19. The molecule has 0 spiro atoms. The number of amides is 4. The highest BCUT2D eigenvalue weighted by atomic mass is 16.5. The van der Waals surface area contributed by atoms with Crippen LogP contribution in [0.15, 0.2) is 97.1 Å². The Labute approximate surface area is 372 Å². The molecule has 332 valence electrons. The van der Waals surface area contributed by atoms with Crippen LogP contribution >= 0.6 is 0 Å². The van der Waals surface area contributed by atoms with Gasteiger partial charge in [0.25, 0.3) is 0 Å². The lowest BCUT2D eigenvalue weighted by molar-refractivity contribution is -0.144. The summed E-state index contributed by atoms with van der Waals surface area (Å²) in [4.78, 5) is 61.0. The van der Waals surface area contributed by atoms with Crippen LogP contribution < -0.4 is 21.3 Å². The number of ether oxygens (including phenoxy) is 1. The second-order valence-corrected chi connectivity index (χ2v) is 21.1. The summed E-state index contributed by atoms with van der Waals surface area (Å²) in [6, 6.07) is 30.9. The molecule has 63 heavy (non-hydrogen) atoms. The van der Waals surface area contributed by atoms with Crippen molar-refractivity contribution in [3.63, 3.8) is 0 Å². The summed E-state index contributed by atoms with van der Waals surface area (Å²) >= 11 is 0. The molecule has 4 fully saturated rings. The minimum atomic E-state index is -0.582. The van der Waals surface area contributed by atoms with Gasteiger partial charge >= 0.3 is 5.97 Å². The number of benzene rings is 4. The van der Waals surface area contributed by atoms with E-state index < -0.39 is 6.10 Å². The van der Waals surface area contributed by atoms with Gasteiger partial charge < -0.3 is 26.0 Å². The Morgan fingerprint density at radius 1 is 0.429 bits per heavy atom. The Morgan fingerprint density at radius 3 is 0.825 bits per heavy atom. The fraction of sp³-hybridized carbons (Fsp3) is 0.453. The molecule has 0 heterocycles. The maximum absolute atomic E-state index is 12.4. The molecule has 4 unspecified atom stereocenters. The lowest BCUT2D eigenvalue weighted by Gasteiger charge is -2.19. The van der Waals surface area contributed by atoms with Crippen LogP contribution in [0.2, 0.25) is 0 Å². The number of carbonyl (C=O) groups excluding carboxylic acids is 5. The van der Waals surface area contributed by atoms with Crippen molar-refractivity contribution in [3.05, 3.63) is 119 Å². The first kappa shape index (κ1) is 45.3. The molecule has 0 saturated heterocycles. The van der Waals surface area contributed by atoms with Gasteiger partial charge in [-0.3, -0.25) is 24.0 Å². The highest BCUT2D eigenvalue weighted by Gasteiger charge is 2.52. The largest absolute Gasteiger partial charge is 0.453 e. The zero-order valence-electron chi connectivity index (χ0n) is 38.5. The van der Waals surface area contributed by atoms with E-state index in [9.17, 15) is 24.0 Å². The summed E-state index contributed by atoms with van der Waals surface area (Å²) in [6.45, 7) is 20.4. The van der Waals surface area contributed by atoms with Crippen molar-refractivity contribution in [2.45, 2.75) is 107 Å². The lowest BCUT2D eigenvalue weighted by atomic mass is 9.93. The first-order chi connectivity index (χ1) is 29.5. The predicted octanol–water partition coefficient (Wildman–Crippen LogP) is 11.1. The first-order valence-corrected chi connectivity index (χ1v) is 22.3. The normalized spacial score (nSPS) is 23.2. The van der Waals surface area contributed by atoms with Gasteiger partial charge in [0, 0.05) is 59.3 Å². The van der Waals surface area contributed by atoms with Crippen molar-refractivity contribution in [1.29, 1.82) is 0 Å². The van der Waals surface area contributed by atoms with Crippen molar-refractivity contribution in [2.24, 2.45) is 45.3 Å². The monoisotopic (exact) mass is 852 g/mol.